The van der Waals surface area contributed by atoms with Crippen LogP contribution in [0, 0.1) is 0 Å². The number of hydrogen-bond donors (Lipinski definition) is 1. The highest BCUT2D eigenvalue weighted by molar-refractivity contribution is 5.50. The van der Waals surface area contributed by atoms with Gasteiger partial charge in [0.1, 0.15) is 5.82 Å². The SMILES string of the molecule is CC(Cn1ccnc1)NCc1c(C(C)C)nn(C)c1N(C)C. The summed E-state index contributed by atoms with van der Waals surface area (Å²) >= 11 is 0. The van der Waals surface area contributed by atoms with E-state index < -0.39 is 0 Å². The van der Waals surface area contributed by atoms with E-state index in [9.17, 15) is 0 Å². The first-order chi connectivity index (χ1) is 10.4. The van der Waals surface area contributed by atoms with Crippen molar-refractivity contribution in [2.45, 2.75) is 45.8 Å². The van der Waals surface area contributed by atoms with Crippen LogP contribution in [0.5, 0.6) is 0 Å². The molecule has 2 rings (SSSR count). The van der Waals surface area contributed by atoms with Gasteiger partial charge in [-0.25, -0.2) is 4.98 Å². The lowest BCUT2D eigenvalue weighted by Gasteiger charge is -2.19. The zero-order valence-corrected chi connectivity index (χ0v) is 14.5. The molecule has 0 aliphatic heterocycles. The third kappa shape index (κ3) is 3.68. The largest absolute Gasteiger partial charge is 0.363 e. The van der Waals surface area contributed by atoms with Crippen LogP contribution in [-0.2, 0) is 20.1 Å². The molecule has 0 radical (unpaired) electrons. The fraction of sp³-hybridized carbons (Fsp3) is 0.625. The highest BCUT2D eigenvalue weighted by Gasteiger charge is 2.20. The molecule has 0 amide bonds. The van der Waals surface area contributed by atoms with Crippen molar-refractivity contribution in [3.05, 3.63) is 30.0 Å². The van der Waals surface area contributed by atoms with E-state index in [0.717, 1.165) is 13.1 Å². The van der Waals surface area contributed by atoms with Crippen molar-refractivity contribution < 1.29 is 0 Å². The summed E-state index contributed by atoms with van der Waals surface area (Å²) in [7, 11) is 6.15. The Hall–Kier alpha value is -1.82. The van der Waals surface area contributed by atoms with E-state index in [1.807, 2.05) is 30.5 Å². The monoisotopic (exact) mass is 304 g/mol. The Kier molecular flexibility index (Phi) is 5.24. The highest BCUT2D eigenvalue weighted by atomic mass is 15.4. The van der Waals surface area contributed by atoms with Crippen LogP contribution in [0.1, 0.15) is 37.9 Å². The second kappa shape index (κ2) is 6.96. The average molecular weight is 304 g/mol. The molecule has 0 bridgehead atoms. The minimum atomic E-state index is 0.365. The van der Waals surface area contributed by atoms with Gasteiger partial charge in [-0.3, -0.25) is 4.68 Å². The Labute approximate surface area is 133 Å². The molecule has 2 aromatic heterocycles. The number of aromatic nitrogens is 4. The van der Waals surface area contributed by atoms with Gasteiger partial charge >= 0.3 is 0 Å². The van der Waals surface area contributed by atoms with Crippen LogP contribution in [0.15, 0.2) is 18.7 Å². The van der Waals surface area contributed by atoms with Gasteiger partial charge in [-0.1, -0.05) is 13.8 Å². The molecule has 0 aliphatic rings. The van der Waals surface area contributed by atoms with Crippen LogP contribution in [0.25, 0.3) is 0 Å². The summed E-state index contributed by atoms with van der Waals surface area (Å²) in [5, 5.41) is 8.32. The summed E-state index contributed by atoms with van der Waals surface area (Å²) in [4.78, 5) is 6.22. The van der Waals surface area contributed by atoms with Crippen molar-refractivity contribution in [3.8, 4) is 0 Å². The molecule has 0 spiro atoms. The van der Waals surface area contributed by atoms with Crippen LogP contribution < -0.4 is 10.2 Å². The van der Waals surface area contributed by atoms with E-state index in [4.69, 9.17) is 5.10 Å². The number of imidazole rings is 1. The van der Waals surface area contributed by atoms with E-state index >= 15 is 0 Å². The van der Waals surface area contributed by atoms with Crippen molar-refractivity contribution in [2.75, 3.05) is 19.0 Å². The van der Waals surface area contributed by atoms with Crippen LogP contribution >= 0.6 is 0 Å². The summed E-state index contributed by atoms with van der Waals surface area (Å²) in [5.74, 6) is 1.59. The van der Waals surface area contributed by atoms with Gasteiger partial charge < -0.3 is 14.8 Å². The van der Waals surface area contributed by atoms with Crippen LogP contribution in [-0.4, -0.2) is 39.5 Å². The molecule has 2 aromatic rings. The number of nitrogens with zero attached hydrogens (tertiary/aromatic N) is 5. The first kappa shape index (κ1) is 16.5. The van der Waals surface area contributed by atoms with Crippen molar-refractivity contribution >= 4 is 5.82 Å². The molecule has 0 aromatic carbocycles. The smallest absolute Gasteiger partial charge is 0.130 e. The summed E-state index contributed by atoms with van der Waals surface area (Å²) < 4.78 is 4.07. The normalized spacial score (nSPS) is 12.9. The lowest BCUT2D eigenvalue weighted by Crippen LogP contribution is -2.30. The van der Waals surface area contributed by atoms with E-state index in [0.29, 0.717) is 12.0 Å². The summed E-state index contributed by atoms with van der Waals surface area (Å²) in [6.45, 7) is 8.32. The van der Waals surface area contributed by atoms with Gasteiger partial charge in [-0.05, 0) is 12.8 Å². The van der Waals surface area contributed by atoms with Crippen molar-refractivity contribution in [3.63, 3.8) is 0 Å². The third-order valence-corrected chi connectivity index (χ3v) is 3.79. The summed E-state index contributed by atoms with van der Waals surface area (Å²) in [6.07, 6.45) is 5.66. The Morgan fingerprint density at radius 2 is 2.00 bits per heavy atom. The minimum absolute atomic E-state index is 0.365. The molecule has 0 saturated heterocycles. The van der Waals surface area contributed by atoms with Gasteiger partial charge in [0.05, 0.1) is 12.0 Å². The maximum absolute atomic E-state index is 4.70. The first-order valence-corrected chi connectivity index (χ1v) is 7.82. The van der Waals surface area contributed by atoms with Gasteiger partial charge in [0.15, 0.2) is 0 Å². The maximum Gasteiger partial charge on any atom is 0.130 e. The molecule has 1 unspecified atom stereocenters. The second-order valence-electron chi connectivity index (χ2n) is 6.40. The fourth-order valence-corrected chi connectivity index (χ4v) is 2.82. The molecule has 0 fully saturated rings. The molecule has 1 atom stereocenters. The summed E-state index contributed by atoms with van der Waals surface area (Å²) in [5.41, 5.74) is 2.47. The van der Waals surface area contributed by atoms with Gasteiger partial charge in [0, 0.05) is 58.2 Å². The number of aryl methyl sites for hydroxylation is 1. The Morgan fingerprint density at radius 1 is 1.27 bits per heavy atom. The number of rotatable bonds is 7. The molecule has 6 heteroatoms. The number of nitrogens with one attached hydrogen (secondary N) is 1. The predicted molar refractivity (Wildman–Crippen MR) is 90.2 cm³/mol. The van der Waals surface area contributed by atoms with E-state index in [2.05, 4.69) is 54.6 Å². The zero-order chi connectivity index (χ0) is 16.3. The molecule has 0 saturated carbocycles. The quantitative estimate of drug-likeness (QED) is 0.850. The van der Waals surface area contributed by atoms with Gasteiger partial charge in [0.2, 0.25) is 0 Å². The van der Waals surface area contributed by atoms with Crippen molar-refractivity contribution in [2.24, 2.45) is 7.05 Å². The van der Waals surface area contributed by atoms with Crippen LogP contribution in [0.3, 0.4) is 0 Å². The molecule has 1 N–H and O–H groups in total. The Bertz CT molecular complexity index is 582. The topological polar surface area (TPSA) is 50.9 Å². The standard InChI is InChI=1S/C16H28N6/c1-12(2)15-14(16(20(4)5)21(6)19-15)9-18-13(3)10-22-8-7-17-11-22/h7-8,11-13,18H,9-10H2,1-6H3. The van der Waals surface area contributed by atoms with Gasteiger partial charge in [0.25, 0.3) is 0 Å². The van der Waals surface area contributed by atoms with E-state index in [1.54, 1.807) is 0 Å². The summed E-state index contributed by atoms with van der Waals surface area (Å²) in [6, 6.07) is 0.365. The highest BCUT2D eigenvalue weighted by Crippen LogP contribution is 2.27. The van der Waals surface area contributed by atoms with Gasteiger partial charge in [-0.15, -0.1) is 0 Å². The minimum Gasteiger partial charge on any atom is -0.363 e. The molecular formula is C16H28N6. The average Bonchev–Trinajstić information content (AvgIpc) is 3.03. The van der Waals surface area contributed by atoms with Crippen molar-refractivity contribution in [1.82, 2.24) is 24.6 Å². The molecule has 122 valence electrons. The predicted octanol–water partition coefficient (Wildman–Crippen LogP) is 1.98. The second-order valence-corrected chi connectivity index (χ2v) is 6.40. The van der Waals surface area contributed by atoms with E-state index in [1.165, 1.54) is 17.1 Å². The fourth-order valence-electron chi connectivity index (χ4n) is 2.82. The van der Waals surface area contributed by atoms with Gasteiger partial charge in [-0.2, -0.15) is 5.10 Å². The lowest BCUT2D eigenvalue weighted by molar-refractivity contribution is 0.474. The van der Waals surface area contributed by atoms with Crippen LogP contribution in [0.4, 0.5) is 5.82 Å². The molecule has 0 aliphatic carbocycles. The van der Waals surface area contributed by atoms with E-state index in [-0.39, 0.29) is 0 Å². The Morgan fingerprint density at radius 3 is 2.55 bits per heavy atom. The molecular weight excluding hydrogens is 276 g/mol. The van der Waals surface area contributed by atoms with Crippen molar-refractivity contribution in [1.29, 1.82) is 0 Å². The molecule has 22 heavy (non-hydrogen) atoms. The first-order valence-electron chi connectivity index (χ1n) is 7.82. The lowest BCUT2D eigenvalue weighted by atomic mass is 10.1. The third-order valence-electron chi connectivity index (χ3n) is 3.79. The Balaban J connectivity index is 2.10. The zero-order valence-electron chi connectivity index (χ0n) is 14.5. The maximum atomic E-state index is 4.70. The number of hydrogen-bond acceptors (Lipinski definition) is 4. The molecule has 6 nitrogen and oxygen atoms in total. The van der Waals surface area contributed by atoms with Crippen LogP contribution in [0.2, 0.25) is 0 Å². The number of anilines is 1. The molecule has 2 heterocycles.